The maximum Gasteiger partial charge on any atom is 0.128 e. The Kier molecular flexibility index (Phi) is 4.16. The first-order chi connectivity index (χ1) is 10.8. The highest BCUT2D eigenvalue weighted by atomic mass is 16.5. The van der Waals surface area contributed by atoms with Gasteiger partial charge in [0, 0.05) is 6.21 Å². The number of hydrogen-bond acceptors (Lipinski definition) is 3. The molecular formula is C19H15NO2. The Balaban J connectivity index is 1.75. The van der Waals surface area contributed by atoms with E-state index in [0.29, 0.717) is 0 Å². The largest absolute Gasteiger partial charge is 0.508 e. The molecular weight excluding hydrogens is 274 g/mol. The lowest BCUT2D eigenvalue weighted by Crippen LogP contribution is -1.86. The molecule has 0 heterocycles. The molecule has 3 nitrogen and oxygen atoms in total. The van der Waals surface area contributed by atoms with Crippen molar-refractivity contribution in [1.82, 2.24) is 0 Å². The average molecular weight is 289 g/mol. The Labute approximate surface area is 129 Å². The molecule has 22 heavy (non-hydrogen) atoms. The van der Waals surface area contributed by atoms with Crippen molar-refractivity contribution in [1.29, 1.82) is 0 Å². The molecule has 0 spiro atoms. The second kappa shape index (κ2) is 6.59. The molecule has 0 saturated heterocycles. The molecule has 3 heteroatoms. The fourth-order valence-electron chi connectivity index (χ4n) is 1.97. The van der Waals surface area contributed by atoms with Crippen LogP contribution in [0.25, 0.3) is 0 Å². The molecule has 0 aromatic heterocycles. The number of phenolic OH excluding ortho intramolecular Hbond substituents is 1. The second-order valence-electron chi connectivity index (χ2n) is 4.76. The van der Waals surface area contributed by atoms with Gasteiger partial charge in [-0.2, -0.15) is 0 Å². The van der Waals surface area contributed by atoms with Crippen LogP contribution in [0, 0.1) is 0 Å². The standard InChI is InChI=1S/C19H15NO2/c21-17-11-9-16(10-12-17)20-14-15-5-4-8-19(13-15)22-18-6-2-1-3-7-18/h1-14,21H. The van der Waals surface area contributed by atoms with Gasteiger partial charge in [0.1, 0.15) is 17.2 Å². The molecule has 3 aromatic carbocycles. The van der Waals surface area contributed by atoms with E-state index in [1.54, 1.807) is 30.5 Å². The maximum atomic E-state index is 9.25. The zero-order valence-electron chi connectivity index (χ0n) is 11.9. The van der Waals surface area contributed by atoms with Crippen LogP contribution in [0.2, 0.25) is 0 Å². The maximum absolute atomic E-state index is 9.25. The number of benzene rings is 3. The van der Waals surface area contributed by atoms with Crippen molar-refractivity contribution in [3.8, 4) is 17.2 Å². The zero-order chi connectivity index (χ0) is 15.2. The predicted octanol–water partition coefficient (Wildman–Crippen LogP) is 4.94. The molecule has 1 N–H and O–H groups in total. The summed E-state index contributed by atoms with van der Waals surface area (Å²) in [4.78, 5) is 4.37. The summed E-state index contributed by atoms with van der Waals surface area (Å²) in [6.45, 7) is 0. The molecule has 0 fully saturated rings. The van der Waals surface area contributed by atoms with Crippen LogP contribution >= 0.6 is 0 Å². The van der Waals surface area contributed by atoms with Crippen LogP contribution in [-0.4, -0.2) is 11.3 Å². The molecule has 108 valence electrons. The topological polar surface area (TPSA) is 41.8 Å². The molecule has 0 aliphatic heterocycles. The summed E-state index contributed by atoms with van der Waals surface area (Å²) in [5.41, 5.74) is 1.73. The molecule has 0 saturated carbocycles. The summed E-state index contributed by atoms with van der Waals surface area (Å²) in [7, 11) is 0. The summed E-state index contributed by atoms with van der Waals surface area (Å²) < 4.78 is 5.79. The Morgan fingerprint density at radius 1 is 0.773 bits per heavy atom. The van der Waals surface area contributed by atoms with Gasteiger partial charge in [0.05, 0.1) is 5.69 Å². The number of nitrogens with zero attached hydrogens (tertiary/aromatic N) is 1. The van der Waals surface area contributed by atoms with E-state index < -0.39 is 0 Å². The minimum atomic E-state index is 0.234. The number of rotatable bonds is 4. The van der Waals surface area contributed by atoms with Crippen LogP contribution in [0.1, 0.15) is 5.56 Å². The van der Waals surface area contributed by atoms with Crippen molar-refractivity contribution in [2.45, 2.75) is 0 Å². The van der Waals surface area contributed by atoms with E-state index in [1.807, 2.05) is 54.6 Å². The smallest absolute Gasteiger partial charge is 0.128 e. The molecule has 3 aromatic rings. The first-order valence-corrected chi connectivity index (χ1v) is 6.96. The lowest BCUT2D eigenvalue weighted by Gasteiger charge is -2.05. The average Bonchev–Trinajstić information content (AvgIpc) is 2.56. The van der Waals surface area contributed by atoms with Gasteiger partial charge < -0.3 is 9.84 Å². The van der Waals surface area contributed by atoms with Gasteiger partial charge in [0.2, 0.25) is 0 Å². The van der Waals surface area contributed by atoms with E-state index in [1.165, 1.54) is 0 Å². The van der Waals surface area contributed by atoms with Crippen LogP contribution in [0.3, 0.4) is 0 Å². The third kappa shape index (κ3) is 3.73. The fraction of sp³-hybridized carbons (Fsp3) is 0. The third-order valence-corrected chi connectivity index (χ3v) is 3.05. The summed E-state index contributed by atoms with van der Waals surface area (Å²) in [6.07, 6.45) is 1.77. The molecule has 0 radical (unpaired) electrons. The summed E-state index contributed by atoms with van der Waals surface area (Å²) >= 11 is 0. The van der Waals surface area contributed by atoms with Crippen molar-refractivity contribution in [3.63, 3.8) is 0 Å². The quantitative estimate of drug-likeness (QED) is 0.691. The van der Waals surface area contributed by atoms with Gasteiger partial charge in [-0.25, -0.2) is 0 Å². The van der Waals surface area contributed by atoms with Crippen LogP contribution < -0.4 is 4.74 Å². The van der Waals surface area contributed by atoms with Crippen molar-refractivity contribution < 1.29 is 9.84 Å². The lowest BCUT2D eigenvalue weighted by atomic mass is 10.2. The summed E-state index contributed by atoms with van der Waals surface area (Å²) in [6, 6.07) is 24.1. The van der Waals surface area contributed by atoms with E-state index in [9.17, 15) is 5.11 Å². The molecule has 0 aliphatic carbocycles. The monoisotopic (exact) mass is 289 g/mol. The van der Waals surface area contributed by atoms with E-state index in [2.05, 4.69) is 4.99 Å². The number of ether oxygens (including phenoxy) is 1. The number of aliphatic imine (C=N–C) groups is 1. The van der Waals surface area contributed by atoms with Crippen molar-refractivity contribution >= 4 is 11.9 Å². The van der Waals surface area contributed by atoms with E-state index >= 15 is 0 Å². The summed E-state index contributed by atoms with van der Waals surface area (Å²) in [5.74, 6) is 1.80. The van der Waals surface area contributed by atoms with Crippen LogP contribution in [0.4, 0.5) is 5.69 Å². The van der Waals surface area contributed by atoms with Gasteiger partial charge in [-0.1, -0.05) is 30.3 Å². The Bertz CT molecular complexity index is 765. The van der Waals surface area contributed by atoms with Crippen molar-refractivity contribution in [2.75, 3.05) is 0 Å². The Hall–Kier alpha value is -3.07. The van der Waals surface area contributed by atoms with Crippen LogP contribution in [0.5, 0.6) is 17.2 Å². The normalized spacial score (nSPS) is 10.7. The Morgan fingerprint density at radius 2 is 1.50 bits per heavy atom. The molecule has 0 unspecified atom stereocenters. The first kappa shape index (κ1) is 13.9. The van der Waals surface area contributed by atoms with Gasteiger partial charge in [-0.05, 0) is 54.1 Å². The number of hydrogen-bond donors (Lipinski definition) is 1. The number of para-hydroxylation sites is 1. The predicted molar refractivity (Wildman–Crippen MR) is 88.3 cm³/mol. The molecule has 0 atom stereocenters. The minimum Gasteiger partial charge on any atom is -0.508 e. The van der Waals surface area contributed by atoms with E-state index in [-0.39, 0.29) is 5.75 Å². The van der Waals surface area contributed by atoms with Gasteiger partial charge >= 0.3 is 0 Å². The first-order valence-electron chi connectivity index (χ1n) is 6.96. The number of aromatic hydroxyl groups is 1. The van der Waals surface area contributed by atoms with Gasteiger partial charge in [0.15, 0.2) is 0 Å². The highest BCUT2D eigenvalue weighted by Crippen LogP contribution is 2.22. The third-order valence-electron chi connectivity index (χ3n) is 3.05. The van der Waals surface area contributed by atoms with Crippen LogP contribution in [-0.2, 0) is 0 Å². The lowest BCUT2D eigenvalue weighted by molar-refractivity contribution is 0.475. The number of phenols is 1. The van der Waals surface area contributed by atoms with Gasteiger partial charge in [0.25, 0.3) is 0 Å². The Morgan fingerprint density at radius 3 is 2.27 bits per heavy atom. The molecule has 0 aliphatic rings. The summed E-state index contributed by atoms with van der Waals surface area (Å²) in [5, 5.41) is 9.25. The highest BCUT2D eigenvalue weighted by Gasteiger charge is 1.97. The van der Waals surface area contributed by atoms with Gasteiger partial charge in [-0.15, -0.1) is 0 Å². The fourth-order valence-corrected chi connectivity index (χ4v) is 1.97. The van der Waals surface area contributed by atoms with Crippen LogP contribution in [0.15, 0.2) is 83.9 Å². The molecule has 3 rings (SSSR count). The van der Waals surface area contributed by atoms with E-state index in [0.717, 1.165) is 22.7 Å². The van der Waals surface area contributed by atoms with Crippen molar-refractivity contribution in [3.05, 3.63) is 84.4 Å². The highest BCUT2D eigenvalue weighted by molar-refractivity contribution is 5.82. The molecule has 0 amide bonds. The zero-order valence-corrected chi connectivity index (χ0v) is 11.9. The minimum absolute atomic E-state index is 0.234. The van der Waals surface area contributed by atoms with Crippen molar-refractivity contribution in [2.24, 2.45) is 4.99 Å². The van der Waals surface area contributed by atoms with E-state index in [4.69, 9.17) is 4.74 Å². The van der Waals surface area contributed by atoms with Gasteiger partial charge in [-0.3, -0.25) is 4.99 Å². The molecule has 0 bridgehead atoms. The SMILES string of the molecule is Oc1ccc(N=Cc2cccc(Oc3ccccc3)c2)cc1. The second-order valence-corrected chi connectivity index (χ2v) is 4.76.